The maximum absolute atomic E-state index is 12.6. The number of halogens is 3. The van der Waals surface area contributed by atoms with Crippen LogP contribution >= 0.6 is 11.8 Å². The highest BCUT2D eigenvalue weighted by Crippen LogP contribution is 2.34. The first kappa shape index (κ1) is 22.5. The first-order valence-electron chi connectivity index (χ1n) is 9.04. The third-order valence-electron chi connectivity index (χ3n) is 4.28. The number of carbonyl (C=O) groups excluding carboxylic acids is 3. The normalized spacial score (nSPS) is 13.4. The highest BCUT2D eigenvalue weighted by atomic mass is 32.2. The number of rotatable bonds is 6. The summed E-state index contributed by atoms with van der Waals surface area (Å²) < 4.78 is 40.3. The van der Waals surface area contributed by atoms with Crippen molar-refractivity contribution in [2.24, 2.45) is 0 Å². The molecule has 2 aromatic rings. The molecule has 0 aliphatic carbocycles. The van der Waals surface area contributed by atoms with E-state index in [0.29, 0.717) is 5.69 Å². The Bertz CT molecular complexity index is 982. The second kappa shape index (κ2) is 9.29. The minimum Gasteiger partial charge on any atom is -0.406 e. The van der Waals surface area contributed by atoms with Gasteiger partial charge in [-0.3, -0.25) is 14.4 Å². The molecule has 0 fully saturated rings. The van der Waals surface area contributed by atoms with E-state index in [9.17, 15) is 27.6 Å². The zero-order valence-electron chi connectivity index (χ0n) is 16.3. The van der Waals surface area contributed by atoms with Gasteiger partial charge in [0, 0.05) is 17.6 Å². The number of likely N-dealkylation sites (N-methyl/N-ethyl adjacent to an activating group) is 1. The molecule has 164 valence electrons. The van der Waals surface area contributed by atoms with Gasteiger partial charge in [-0.05, 0) is 36.4 Å². The van der Waals surface area contributed by atoms with E-state index in [2.05, 4.69) is 10.1 Å². The Morgan fingerprint density at radius 1 is 1.16 bits per heavy atom. The van der Waals surface area contributed by atoms with Crippen molar-refractivity contribution in [2.75, 3.05) is 36.1 Å². The van der Waals surface area contributed by atoms with Crippen molar-refractivity contribution in [3.63, 3.8) is 0 Å². The zero-order valence-corrected chi connectivity index (χ0v) is 17.1. The molecule has 7 nitrogen and oxygen atoms in total. The Labute approximate surface area is 180 Å². The average molecular weight is 453 g/mol. The van der Waals surface area contributed by atoms with Crippen molar-refractivity contribution in [1.29, 1.82) is 0 Å². The van der Waals surface area contributed by atoms with E-state index in [-0.39, 0.29) is 30.4 Å². The number of nitrogens with one attached hydrogen (secondary N) is 1. The van der Waals surface area contributed by atoms with Crippen LogP contribution in [-0.2, 0) is 14.4 Å². The third-order valence-corrected chi connectivity index (χ3v) is 5.33. The van der Waals surface area contributed by atoms with E-state index in [0.717, 1.165) is 17.0 Å². The molecule has 1 aliphatic rings. The van der Waals surface area contributed by atoms with Crippen LogP contribution in [0, 0.1) is 0 Å². The van der Waals surface area contributed by atoms with E-state index >= 15 is 0 Å². The molecule has 0 aromatic heterocycles. The number of hydrogen-bond acceptors (Lipinski definition) is 5. The van der Waals surface area contributed by atoms with E-state index < -0.39 is 23.9 Å². The van der Waals surface area contributed by atoms with Gasteiger partial charge in [0.15, 0.2) is 0 Å². The summed E-state index contributed by atoms with van der Waals surface area (Å²) in [5.41, 5.74) is 0.897. The molecule has 3 amide bonds. The number of fused-ring (bicyclic) bond motifs is 1. The van der Waals surface area contributed by atoms with Gasteiger partial charge in [0.2, 0.25) is 17.7 Å². The highest BCUT2D eigenvalue weighted by molar-refractivity contribution is 8.00. The van der Waals surface area contributed by atoms with Crippen molar-refractivity contribution in [1.82, 2.24) is 4.90 Å². The highest BCUT2D eigenvalue weighted by Gasteiger charge is 2.31. The first-order chi connectivity index (χ1) is 14.6. The number of benzene rings is 2. The number of alkyl halides is 3. The molecule has 0 unspecified atom stereocenters. The largest absolute Gasteiger partial charge is 0.573 e. The fourth-order valence-corrected chi connectivity index (χ4v) is 3.76. The van der Waals surface area contributed by atoms with E-state index in [1.165, 1.54) is 40.7 Å². The molecule has 0 bridgehead atoms. The number of thioether (sulfide) groups is 1. The van der Waals surface area contributed by atoms with Crippen LogP contribution in [0.4, 0.5) is 24.5 Å². The lowest BCUT2D eigenvalue weighted by atomic mass is 10.2. The van der Waals surface area contributed by atoms with Crippen molar-refractivity contribution < 1.29 is 32.3 Å². The van der Waals surface area contributed by atoms with Gasteiger partial charge in [0.1, 0.15) is 12.3 Å². The smallest absolute Gasteiger partial charge is 0.406 e. The maximum Gasteiger partial charge on any atom is 0.573 e. The molecular formula is C20H18F3N3O4S. The van der Waals surface area contributed by atoms with Crippen molar-refractivity contribution in [3.8, 4) is 5.75 Å². The van der Waals surface area contributed by atoms with Crippen LogP contribution in [0.5, 0.6) is 5.75 Å². The Morgan fingerprint density at radius 2 is 1.84 bits per heavy atom. The molecule has 0 radical (unpaired) electrons. The van der Waals surface area contributed by atoms with Gasteiger partial charge in [0.25, 0.3) is 0 Å². The molecule has 3 rings (SSSR count). The summed E-state index contributed by atoms with van der Waals surface area (Å²) in [6, 6.07) is 11.9. The number of para-hydroxylation sites is 1. The number of hydrogen-bond donors (Lipinski definition) is 1. The molecule has 31 heavy (non-hydrogen) atoms. The fourth-order valence-electron chi connectivity index (χ4n) is 2.83. The van der Waals surface area contributed by atoms with E-state index in [1.807, 2.05) is 12.1 Å². The Morgan fingerprint density at radius 3 is 2.52 bits per heavy atom. The van der Waals surface area contributed by atoms with Crippen LogP contribution in [0.15, 0.2) is 53.4 Å². The summed E-state index contributed by atoms with van der Waals surface area (Å²) in [4.78, 5) is 40.5. The zero-order chi connectivity index (χ0) is 22.6. The number of nitrogens with zero attached hydrogens (tertiary/aromatic N) is 2. The second-order valence-corrected chi connectivity index (χ2v) is 7.62. The van der Waals surface area contributed by atoms with Gasteiger partial charge in [-0.25, -0.2) is 0 Å². The quantitative estimate of drug-likeness (QED) is 0.727. The van der Waals surface area contributed by atoms with Crippen LogP contribution in [0.25, 0.3) is 0 Å². The van der Waals surface area contributed by atoms with Crippen LogP contribution in [0.1, 0.15) is 0 Å². The SMILES string of the molecule is CN(CC(=O)Nc1ccc(OC(F)(F)F)cc1)C(=O)CN1C(=O)CSc2ccccc21. The number of anilines is 2. The molecule has 1 N–H and O–H groups in total. The summed E-state index contributed by atoms with van der Waals surface area (Å²) in [6.45, 7) is -0.498. The van der Waals surface area contributed by atoms with Crippen LogP contribution in [0.2, 0.25) is 0 Å². The average Bonchev–Trinajstić information content (AvgIpc) is 2.70. The van der Waals surface area contributed by atoms with Gasteiger partial charge in [-0.2, -0.15) is 0 Å². The Balaban J connectivity index is 1.55. The molecule has 0 saturated heterocycles. The molecule has 1 aliphatic heterocycles. The number of carbonyl (C=O) groups is 3. The van der Waals surface area contributed by atoms with Crippen molar-refractivity contribution in [2.45, 2.75) is 11.3 Å². The van der Waals surface area contributed by atoms with Gasteiger partial charge in [-0.1, -0.05) is 12.1 Å². The standard InChI is InChI=1S/C20H18F3N3O4S/c1-25(10-17(27)24-13-6-8-14(9-7-13)30-20(21,22)23)18(28)11-26-15-4-2-3-5-16(15)31-12-19(26)29/h2-9H,10-12H2,1H3,(H,24,27). The summed E-state index contributed by atoms with van der Waals surface area (Å²) in [6.07, 6.45) is -4.80. The van der Waals surface area contributed by atoms with Crippen LogP contribution < -0.4 is 15.0 Å². The summed E-state index contributed by atoms with van der Waals surface area (Å²) in [7, 11) is 1.43. The van der Waals surface area contributed by atoms with E-state index in [1.54, 1.807) is 12.1 Å². The van der Waals surface area contributed by atoms with E-state index in [4.69, 9.17) is 0 Å². The van der Waals surface area contributed by atoms with Gasteiger partial charge in [0.05, 0.1) is 18.0 Å². The molecular weight excluding hydrogens is 435 g/mol. The molecule has 0 atom stereocenters. The van der Waals surface area contributed by atoms with Gasteiger partial charge in [-0.15, -0.1) is 24.9 Å². The summed E-state index contributed by atoms with van der Waals surface area (Å²) >= 11 is 1.40. The third kappa shape index (κ3) is 6.14. The lowest BCUT2D eigenvalue weighted by Gasteiger charge is -2.29. The molecule has 2 aromatic carbocycles. The second-order valence-electron chi connectivity index (χ2n) is 6.61. The molecule has 0 spiro atoms. The summed E-state index contributed by atoms with van der Waals surface area (Å²) in [5.74, 6) is -1.36. The maximum atomic E-state index is 12.6. The molecule has 11 heteroatoms. The predicted octanol–water partition coefficient (Wildman–Crippen LogP) is 3.12. The van der Waals surface area contributed by atoms with Gasteiger partial charge < -0.3 is 19.9 Å². The molecule has 0 saturated carbocycles. The number of ether oxygens (including phenoxy) is 1. The molecule has 1 heterocycles. The van der Waals surface area contributed by atoms with Crippen LogP contribution in [0.3, 0.4) is 0 Å². The monoisotopic (exact) mass is 453 g/mol. The topological polar surface area (TPSA) is 79.0 Å². The van der Waals surface area contributed by atoms with Crippen molar-refractivity contribution in [3.05, 3.63) is 48.5 Å². The first-order valence-corrected chi connectivity index (χ1v) is 10.0. The fraction of sp³-hybridized carbons (Fsp3) is 0.250. The summed E-state index contributed by atoms with van der Waals surface area (Å²) in [5, 5.41) is 2.49. The lowest BCUT2D eigenvalue weighted by molar-refractivity contribution is -0.274. The van der Waals surface area contributed by atoms with Crippen molar-refractivity contribution >= 4 is 40.9 Å². The minimum atomic E-state index is -4.80. The minimum absolute atomic E-state index is 0.198. The van der Waals surface area contributed by atoms with Gasteiger partial charge >= 0.3 is 6.36 Å². The Hall–Kier alpha value is -3.21. The van der Waals surface area contributed by atoms with Crippen LogP contribution in [-0.4, -0.2) is 54.9 Å². The lowest BCUT2D eigenvalue weighted by Crippen LogP contribution is -2.45. The Kier molecular flexibility index (Phi) is 6.74. The predicted molar refractivity (Wildman–Crippen MR) is 109 cm³/mol. The number of amides is 3.